The number of pyridine rings is 1. The Hall–Kier alpha value is -3.34. The molecular formula is C21H21F2N7O2. The van der Waals surface area contributed by atoms with Gasteiger partial charge in [0.05, 0.1) is 32.4 Å². The third kappa shape index (κ3) is 2.99. The first-order valence-corrected chi connectivity index (χ1v) is 10.4. The van der Waals surface area contributed by atoms with Crippen LogP contribution in [0.2, 0.25) is 0 Å². The molecule has 0 amide bonds. The molecule has 0 spiro atoms. The Kier molecular flexibility index (Phi) is 4.29. The zero-order valence-corrected chi connectivity index (χ0v) is 17.5. The van der Waals surface area contributed by atoms with Gasteiger partial charge in [0.2, 0.25) is 11.8 Å². The molecule has 1 aliphatic carbocycles. The number of anilines is 1. The van der Waals surface area contributed by atoms with E-state index in [4.69, 9.17) is 9.47 Å². The van der Waals surface area contributed by atoms with E-state index in [9.17, 15) is 8.78 Å². The maximum absolute atomic E-state index is 13.1. The van der Waals surface area contributed by atoms with Gasteiger partial charge in [-0.05, 0) is 19.1 Å². The number of hydrogen-bond donors (Lipinski definition) is 1. The second-order valence-electron chi connectivity index (χ2n) is 8.23. The third-order valence-electron chi connectivity index (χ3n) is 6.35. The summed E-state index contributed by atoms with van der Waals surface area (Å²) in [5.41, 5.74) is 3.20. The number of nitrogens with zero attached hydrogens (tertiary/aromatic N) is 6. The van der Waals surface area contributed by atoms with Gasteiger partial charge >= 0.3 is 0 Å². The van der Waals surface area contributed by atoms with Crippen LogP contribution >= 0.6 is 0 Å². The van der Waals surface area contributed by atoms with Gasteiger partial charge in [-0.25, -0.2) is 23.3 Å². The number of aromatic nitrogens is 6. The maximum atomic E-state index is 13.1. The average molecular weight is 441 g/mol. The topological polar surface area (TPSA) is 91.4 Å². The van der Waals surface area contributed by atoms with E-state index >= 15 is 0 Å². The molecule has 32 heavy (non-hydrogen) atoms. The van der Waals surface area contributed by atoms with Crippen molar-refractivity contribution in [3.05, 3.63) is 30.4 Å². The molecule has 2 aliphatic rings. The van der Waals surface area contributed by atoms with Crippen molar-refractivity contribution in [2.45, 2.75) is 25.9 Å². The van der Waals surface area contributed by atoms with Crippen molar-refractivity contribution < 1.29 is 18.3 Å². The van der Waals surface area contributed by atoms with Crippen molar-refractivity contribution in [3.8, 4) is 17.0 Å². The SMILES string of the molecule is COc1nc(N[C@@H]2[C@@H]3COC[C@@H]32)nn2ccc(-c3cnc4nc(C)n(CC(F)F)c4c3)c12. The third-order valence-corrected chi connectivity index (χ3v) is 6.35. The smallest absolute Gasteiger partial charge is 0.256 e. The van der Waals surface area contributed by atoms with Crippen LogP contribution in [-0.2, 0) is 11.3 Å². The Balaban J connectivity index is 1.40. The van der Waals surface area contributed by atoms with Crippen LogP contribution in [0.25, 0.3) is 27.8 Å². The number of hydrogen-bond acceptors (Lipinski definition) is 7. The molecule has 11 heteroatoms. The molecule has 1 aliphatic heterocycles. The molecule has 166 valence electrons. The fourth-order valence-electron chi connectivity index (χ4n) is 4.67. The predicted molar refractivity (Wildman–Crippen MR) is 112 cm³/mol. The molecule has 0 bridgehead atoms. The molecule has 1 saturated heterocycles. The van der Waals surface area contributed by atoms with Crippen molar-refractivity contribution >= 4 is 22.6 Å². The van der Waals surface area contributed by atoms with E-state index in [0.29, 0.717) is 52.2 Å². The van der Waals surface area contributed by atoms with Gasteiger partial charge in [-0.3, -0.25) is 0 Å². The molecule has 2 fully saturated rings. The average Bonchev–Trinajstić information content (AvgIpc) is 3.19. The summed E-state index contributed by atoms with van der Waals surface area (Å²) in [5.74, 6) is 2.44. The summed E-state index contributed by atoms with van der Waals surface area (Å²) in [7, 11) is 1.56. The normalized spacial score (nSPS) is 22.1. The lowest BCUT2D eigenvalue weighted by Gasteiger charge is -2.11. The van der Waals surface area contributed by atoms with Crippen molar-refractivity contribution in [1.29, 1.82) is 0 Å². The second kappa shape index (κ2) is 7.09. The molecule has 0 unspecified atom stereocenters. The number of fused-ring (bicyclic) bond motifs is 3. The summed E-state index contributed by atoms with van der Waals surface area (Å²) in [4.78, 5) is 13.3. The number of nitrogens with one attached hydrogen (secondary N) is 1. The van der Waals surface area contributed by atoms with Crippen LogP contribution in [0.3, 0.4) is 0 Å². The molecule has 6 rings (SSSR count). The van der Waals surface area contributed by atoms with Crippen molar-refractivity contribution in [2.24, 2.45) is 11.8 Å². The number of aryl methyl sites for hydroxylation is 1. The predicted octanol–water partition coefficient (Wildman–Crippen LogP) is 2.78. The van der Waals surface area contributed by atoms with Crippen LogP contribution in [0.5, 0.6) is 5.88 Å². The Morgan fingerprint density at radius 1 is 1.28 bits per heavy atom. The molecule has 4 aromatic heterocycles. The van der Waals surface area contributed by atoms with Crippen LogP contribution in [0, 0.1) is 18.8 Å². The van der Waals surface area contributed by atoms with E-state index in [1.165, 1.54) is 4.57 Å². The molecule has 0 radical (unpaired) electrons. The second-order valence-corrected chi connectivity index (χ2v) is 8.23. The molecule has 4 aromatic rings. The lowest BCUT2D eigenvalue weighted by molar-refractivity contribution is 0.127. The van der Waals surface area contributed by atoms with E-state index in [2.05, 4.69) is 25.4 Å². The summed E-state index contributed by atoms with van der Waals surface area (Å²) in [6, 6.07) is 4.03. The van der Waals surface area contributed by atoms with Gasteiger partial charge in [-0.15, -0.1) is 5.10 Å². The van der Waals surface area contributed by atoms with Gasteiger partial charge in [0.15, 0.2) is 5.65 Å². The number of alkyl halides is 2. The first-order chi connectivity index (χ1) is 15.5. The lowest BCUT2D eigenvalue weighted by atomic mass is 10.1. The number of imidazole rings is 1. The zero-order chi connectivity index (χ0) is 22.0. The highest BCUT2D eigenvalue weighted by atomic mass is 19.3. The number of ether oxygens (including phenoxy) is 2. The van der Waals surface area contributed by atoms with Gasteiger partial charge in [-0.1, -0.05) is 0 Å². The van der Waals surface area contributed by atoms with E-state index in [1.54, 1.807) is 24.7 Å². The fourth-order valence-corrected chi connectivity index (χ4v) is 4.67. The van der Waals surface area contributed by atoms with Gasteiger partial charge in [0, 0.05) is 41.4 Å². The van der Waals surface area contributed by atoms with Crippen LogP contribution in [0.1, 0.15) is 5.82 Å². The van der Waals surface area contributed by atoms with E-state index in [-0.39, 0.29) is 0 Å². The minimum Gasteiger partial charge on any atom is -0.479 e. The molecule has 5 heterocycles. The highest BCUT2D eigenvalue weighted by molar-refractivity contribution is 5.88. The Morgan fingerprint density at radius 3 is 2.84 bits per heavy atom. The minimum absolute atomic E-state index is 0.325. The largest absolute Gasteiger partial charge is 0.479 e. The van der Waals surface area contributed by atoms with E-state index in [0.717, 1.165) is 24.3 Å². The highest BCUT2D eigenvalue weighted by Gasteiger charge is 2.54. The van der Waals surface area contributed by atoms with Crippen molar-refractivity contribution in [2.75, 3.05) is 25.6 Å². The number of rotatable bonds is 6. The first-order valence-electron chi connectivity index (χ1n) is 10.4. The van der Waals surface area contributed by atoms with Crippen LogP contribution in [0.4, 0.5) is 14.7 Å². The van der Waals surface area contributed by atoms with Gasteiger partial charge < -0.3 is 19.4 Å². The molecule has 9 nitrogen and oxygen atoms in total. The summed E-state index contributed by atoms with van der Waals surface area (Å²) in [6.45, 7) is 2.81. The maximum Gasteiger partial charge on any atom is 0.256 e. The monoisotopic (exact) mass is 441 g/mol. The van der Waals surface area contributed by atoms with Crippen molar-refractivity contribution in [3.63, 3.8) is 0 Å². The minimum atomic E-state index is -2.48. The molecule has 3 atom stereocenters. The fraction of sp³-hybridized carbons (Fsp3) is 0.429. The van der Waals surface area contributed by atoms with E-state index < -0.39 is 13.0 Å². The first kappa shape index (κ1) is 19.4. The Labute approximate surface area is 181 Å². The molecule has 0 aromatic carbocycles. The van der Waals surface area contributed by atoms with Gasteiger partial charge in [0.1, 0.15) is 11.3 Å². The Bertz CT molecular complexity index is 1320. The van der Waals surface area contributed by atoms with Gasteiger partial charge in [-0.2, -0.15) is 4.98 Å². The lowest BCUT2D eigenvalue weighted by Crippen LogP contribution is -2.16. The van der Waals surface area contributed by atoms with Gasteiger partial charge in [0.25, 0.3) is 6.43 Å². The van der Waals surface area contributed by atoms with Crippen LogP contribution in [0.15, 0.2) is 24.5 Å². The highest BCUT2D eigenvalue weighted by Crippen LogP contribution is 2.45. The molecular weight excluding hydrogens is 420 g/mol. The summed E-state index contributed by atoms with van der Waals surface area (Å²) in [5, 5.41) is 7.99. The standard InChI is InChI=1S/C21H21F2N7O2/c1-10-25-19-15(29(10)7-16(22)23)5-11(6-24-19)12-3-4-30-18(12)20(31-2)27-21(28-30)26-17-13-8-32-9-14(13)17/h3-6,13-14,16-17H,7-9H2,1-2H3,(H,26,28)/t13-,14+,17-. The summed E-state index contributed by atoms with van der Waals surface area (Å²) < 4.78 is 40.4. The van der Waals surface area contributed by atoms with Crippen LogP contribution in [-0.4, -0.2) is 61.9 Å². The van der Waals surface area contributed by atoms with Crippen LogP contribution < -0.4 is 10.1 Å². The molecule has 1 N–H and O–H groups in total. The summed E-state index contributed by atoms with van der Waals surface area (Å²) >= 11 is 0. The van der Waals surface area contributed by atoms with Crippen molar-refractivity contribution in [1.82, 2.24) is 29.1 Å². The summed E-state index contributed by atoms with van der Waals surface area (Å²) in [6.07, 6.45) is 1.01. The Morgan fingerprint density at radius 2 is 2.09 bits per heavy atom. The van der Waals surface area contributed by atoms with E-state index in [1.807, 2.05) is 18.3 Å². The quantitative estimate of drug-likeness (QED) is 0.492. The molecule has 1 saturated carbocycles. The number of halogens is 2. The number of methoxy groups -OCH3 is 1. The zero-order valence-electron chi connectivity index (χ0n) is 17.5.